The summed E-state index contributed by atoms with van der Waals surface area (Å²) in [5.74, 6) is 1.78. The molecular weight excluding hydrogens is 198 g/mol. The van der Waals surface area contributed by atoms with E-state index in [1.54, 1.807) is 0 Å². The fourth-order valence-electron chi connectivity index (χ4n) is 1.99. The van der Waals surface area contributed by atoms with E-state index in [0.29, 0.717) is 6.04 Å². The summed E-state index contributed by atoms with van der Waals surface area (Å²) in [6, 6.07) is 2.49. The third-order valence-corrected chi connectivity index (χ3v) is 3.20. The summed E-state index contributed by atoms with van der Waals surface area (Å²) in [5.41, 5.74) is 7.81. The molecule has 16 heavy (non-hydrogen) atoms. The summed E-state index contributed by atoms with van der Waals surface area (Å²) in [7, 11) is 0. The molecule has 88 valence electrons. The molecule has 0 radical (unpaired) electrons. The second kappa shape index (κ2) is 4.73. The van der Waals surface area contributed by atoms with Crippen molar-refractivity contribution in [3.05, 3.63) is 17.8 Å². The normalized spacial score (nSPS) is 17.1. The lowest BCUT2D eigenvalue weighted by Crippen LogP contribution is -2.20. The van der Waals surface area contributed by atoms with E-state index >= 15 is 0 Å². The van der Waals surface area contributed by atoms with Gasteiger partial charge < -0.3 is 11.1 Å². The number of pyridine rings is 1. The molecule has 0 aliphatic heterocycles. The molecule has 1 saturated carbocycles. The molecule has 1 aliphatic rings. The zero-order valence-electron chi connectivity index (χ0n) is 10.2. The Morgan fingerprint density at radius 2 is 2.31 bits per heavy atom. The van der Waals surface area contributed by atoms with Gasteiger partial charge >= 0.3 is 0 Å². The number of nitrogens with one attached hydrogen (secondary N) is 1. The van der Waals surface area contributed by atoms with E-state index < -0.39 is 0 Å². The Morgan fingerprint density at radius 1 is 1.56 bits per heavy atom. The van der Waals surface area contributed by atoms with Crippen LogP contribution in [-0.2, 0) is 0 Å². The molecule has 0 spiro atoms. The molecule has 3 nitrogen and oxygen atoms in total. The number of hydrogen-bond acceptors (Lipinski definition) is 3. The van der Waals surface area contributed by atoms with Crippen LogP contribution < -0.4 is 11.1 Å². The van der Waals surface area contributed by atoms with Crippen molar-refractivity contribution in [3.8, 4) is 0 Å². The predicted octanol–water partition coefficient (Wildman–Crippen LogP) is 2.96. The van der Waals surface area contributed by atoms with E-state index in [2.05, 4.69) is 17.2 Å². The summed E-state index contributed by atoms with van der Waals surface area (Å²) in [4.78, 5) is 4.36. The zero-order chi connectivity index (χ0) is 11.5. The fourth-order valence-corrected chi connectivity index (χ4v) is 1.99. The van der Waals surface area contributed by atoms with Crippen LogP contribution >= 0.6 is 0 Å². The van der Waals surface area contributed by atoms with Gasteiger partial charge in [0, 0.05) is 12.2 Å². The van der Waals surface area contributed by atoms with E-state index in [0.717, 1.165) is 29.4 Å². The van der Waals surface area contributed by atoms with Crippen LogP contribution in [0.2, 0.25) is 0 Å². The van der Waals surface area contributed by atoms with Gasteiger partial charge in [-0.15, -0.1) is 0 Å². The SMILES string of the molecule is CCC(CC1CC1)Nc1ncc(C)cc1N. The number of nitrogen functional groups attached to an aromatic ring is 1. The Kier molecular flexibility index (Phi) is 3.32. The molecule has 1 fully saturated rings. The Balaban J connectivity index is 1.99. The number of hydrogen-bond donors (Lipinski definition) is 2. The lowest BCUT2D eigenvalue weighted by Gasteiger charge is -2.18. The van der Waals surface area contributed by atoms with Crippen molar-refractivity contribution in [2.24, 2.45) is 5.92 Å². The molecule has 1 aromatic heterocycles. The maximum Gasteiger partial charge on any atom is 0.149 e. The monoisotopic (exact) mass is 219 g/mol. The van der Waals surface area contributed by atoms with Crippen LogP contribution in [0.25, 0.3) is 0 Å². The van der Waals surface area contributed by atoms with Gasteiger partial charge in [0.15, 0.2) is 0 Å². The highest BCUT2D eigenvalue weighted by Gasteiger charge is 2.25. The molecule has 1 aliphatic carbocycles. The standard InChI is InChI=1S/C13H21N3/c1-3-11(7-10-4-5-10)16-13-12(14)6-9(2)8-15-13/h6,8,10-11H,3-5,7,14H2,1-2H3,(H,15,16). The molecule has 1 unspecified atom stereocenters. The molecular formula is C13H21N3. The van der Waals surface area contributed by atoms with Crippen LogP contribution in [0.4, 0.5) is 11.5 Å². The topological polar surface area (TPSA) is 50.9 Å². The first-order valence-electron chi connectivity index (χ1n) is 6.17. The molecule has 0 bridgehead atoms. The van der Waals surface area contributed by atoms with Gasteiger partial charge in [-0.2, -0.15) is 0 Å². The van der Waals surface area contributed by atoms with E-state index in [9.17, 15) is 0 Å². The Bertz CT molecular complexity index is 358. The van der Waals surface area contributed by atoms with Crippen molar-refractivity contribution in [3.63, 3.8) is 0 Å². The quantitative estimate of drug-likeness (QED) is 0.800. The maximum atomic E-state index is 5.95. The zero-order valence-corrected chi connectivity index (χ0v) is 10.2. The molecule has 1 heterocycles. The van der Waals surface area contributed by atoms with E-state index in [1.807, 2.05) is 19.2 Å². The van der Waals surface area contributed by atoms with Gasteiger partial charge in [-0.1, -0.05) is 19.8 Å². The number of anilines is 2. The maximum absolute atomic E-state index is 5.95. The molecule has 0 saturated heterocycles. The lowest BCUT2D eigenvalue weighted by molar-refractivity contribution is 0.585. The van der Waals surface area contributed by atoms with E-state index in [4.69, 9.17) is 5.73 Å². The summed E-state index contributed by atoms with van der Waals surface area (Å²) in [6.45, 7) is 4.22. The van der Waals surface area contributed by atoms with Crippen LogP contribution in [0.1, 0.15) is 38.2 Å². The van der Waals surface area contributed by atoms with Crippen LogP contribution in [0.15, 0.2) is 12.3 Å². The van der Waals surface area contributed by atoms with Crippen molar-refractivity contribution >= 4 is 11.5 Å². The highest BCUT2D eigenvalue weighted by atomic mass is 15.0. The third kappa shape index (κ3) is 2.87. The van der Waals surface area contributed by atoms with Gasteiger partial charge in [0.2, 0.25) is 0 Å². The van der Waals surface area contributed by atoms with Crippen molar-refractivity contribution in [2.75, 3.05) is 11.1 Å². The number of nitrogens with zero attached hydrogens (tertiary/aromatic N) is 1. The Hall–Kier alpha value is -1.25. The highest BCUT2D eigenvalue weighted by molar-refractivity contribution is 5.62. The number of rotatable bonds is 5. The molecule has 1 aromatic rings. The van der Waals surface area contributed by atoms with Gasteiger partial charge in [-0.25, -0.2) is 4.98 Å². The summed E-state index contributed by atoms with van der Waals surface area (Å²) >= 11 is 0. The molecule has 3 heteroatoms. The summed E-state index contributed by atoms with van der Waals surface area (Å²) < 4.78 is 0. The highest BCUT2D eigenvalue weighted by Crippen LogP contribution is 2.35. The average molecular weight is 219 g/mol. The van der Waals surface area contributed by atoms with Crippen molar-refractivity contribution in [2.45, 2.75) is 45.6 Å². The summed E-state index contributed by atoms with van der Waals surface area (Å²) in [6.07, 6.45) is 7.05. The van der Waals surface area contributed by atoms with E-state index in [1.165, 1.54) is 19.3 Å². The summed E-state index contributed by atoms with van der Waals surface area (Å²) in [5, 5.41) is 3.46. The molecule has 0 amide bonds. The minimum atomic E-state index is 0.519. The van der Waals surface area contributed by atoms with Gasteiger partial charge in [0.25, 0.3) is 0 Å². The molecule has 2 rings (SSSR count). The first kappa shape index (κ1) is 11.2. The van der Waals surface area contributed by atoms with Crippen LogP contribution in [0.5, 0.6) is 0 Å². The average Bonchev–Trinajstić information content (AvgIpc) is 3.04. The third-order valence-electron chi connectivity index (χ3n) is 3.20. The predicted molar refractivity (Wildman–Crippen MR) is 68.4 cm³/mol. The van der Waals surface area contributed by atoms with Crippen molar-refractivity contribution < 1.29 is 0 Å². The second-order valence-corrected chi connectivity index (χ2v) is 4.88. The minimum absolute atomic E-state index is 0.519. The largest absolute Gasteiger partial charge is 0.396 e. The number of aryl methyl sites for hydroxylation is 1. The van der Waals surface area contributed by atoms with Gasteiger partial charge in [0.1, 0.15) is 5.82 Å². The van der Waals surface area contributed by atoms with E-state index in [-0.39, 0.29) is 0 Å². The van der Waals surface area contributed by atoms with Gasteiger partial charge in [-0.05, 0) is 37.3 Å². The first-order valence-corrected chi connectivity index (χ1v) is 6.17. The molecule has 3 N–H and O–H groups in total. The van der Waals surface area contributed by atoms with Gasteiger partial charge in [-0.3, -0.25) is 0 Å². The fraction of sp³-hybridized carbons (Fsp3) is 0.615. The van der Waals surface area contributed by atoms with Gasteiger partial charge in [0.05, 0.1) is 5.69 Å². The van der Waals surface area contributed by atoms with Crippen LogP contribution in [0.3, 0.4) is 0 Å². The second-order valence-electron chi connectivity index (χ2n) is 4.88. The molecule has 1 atom stereocenters. The van der Waals surface area contributed by atoms with Crippen molar-refractivity contribution in [1.29, 1.82) is 0 Å². The minimum Gasteiger partial charge on any atom is -0.396 e. The lowest BCUT2D eigenvalue weighted by atomic mass is 10.1. The number of aromatic nitrogens is 1. The Labute approximate surface area is 97.5 Å². The Morgan fingerprint density at radius 3 is 2.88 bits per heavy atom. The van der Waals surface area contributed by atoms with Crippen LogP contribution in [-0.4, -0.2) is 11.0 Å². The first-order chi connectivity index (χ1) is 7.69. The smallest absolute Gasteiger partial charge is 0.149 e. The molecule has 0 aromatic carbocycles. The number of nitrogens with two attached hydrogens (primary N) is 1. The van der Waals surface area contributed by atoms with Crippen molar-refractivity contribution in [1.82, 2.24) is 4.98 Å². The van der Waals surface area contributed by atoms with Crippen LogP contribution in [0, 0.1) is 12.8 Å².